The molecule has 0 amide bonds. The summed E-state index contributed by atoms with van der Waals surface area (Å²) in [5.74, 6) is 1.43. The van der Waals surface area contributed by atoms with Gasteiger partial charge in [-0.2, -0.15) is 4.98 Å². The largest absolute Gasteiger partial charge is 0.497 e. The Bertz CT molecular complexity index is 650. The molecule has 3 aromatic rings. The van der Waals surface area contributed by atoms with Crippen molar-refractivity contribution in [3.8, 4) is 5.75 Å². The average molecular weight is 262 g/mol. The summed E-state index contributed by atoms with van der Waals surface area (Å²) in [5.41, 5.74) is 0.941. The second-order valence-electron chi connectivity index (χ2n) is 3.55. The molecule has 1 N–H and O–H groups in total. The second kappa shape index (κ2) is 4.61. The minimum Gasteiger partial charge on any atom is -0.497 e. The minimum atomic E-state index is 0.494. The molecule has 0 saturated heterocycles. The molecular formula is C11H10N4O2S. The van der Waals surface area contributed by atoms with Crippen molar-refractivity contribution >= 4 is 26.7 Å². The van der Waals surface area contributed by atoms with E-state index in [1.54, 1.807) is 18.4 Å². The van der Waals surface area contributed by atoms with E-state index in [1.807, 2.05) is 18.2 Å². The number of fused-ring (bicyclic) bond motifs is 1. The summed E-state index contributed by atoms with van der Waals surface area (Å²) in [7, 11) is 1.65. The lowest BCUT2D eigenvalue weighted by atomic mass is 10.3. The summed E-state index contributed by atoms with van der Waals surface area (Å²) >= 11 is 1.56. The molecule has 0 bridgehead atoms. The highest BCUT2D eigenvalue weighted by Gasteiger charge is 2.06. The minimum absolute atomic E-state index is 0.494. The Kier molecular flexibility index (Phi) is 2.81. The Balaban J connectivity index is 1.80. The highest BCUT2D eigenvalue weighted by Crippen LogP contribution is 2.29. The zero-order valence-electron chi connectivity index (χ0n) is 9.58. The molecular weight excluding hydrogens is 252 g/mol. The maximum Gasteiger partial charge on any atom is 0.213 e. The lowest BCUT2D eigenvalue weighted by Gasteiger charge is -1.96. The number of rotatable bonds is 4. The number of hydrogen-bond donors (Lipinski definition) is 1. The van der Waals surface area contributed by atoms with E-state index in [0.29, 0.717) is 12.4 Å². The van der Waals surface area contributed by atoms with Crippen molar-refractivity contribution in [3.63, 3.8) is 0 Å². The molecule has 92 valence electrons. The summed E-state index contributed by atoms with van der Waals surface area (Å²) in [5, 5.41) is 7.70. The first-order valence-corrected chi connectivity index (χ1v) is 6.10. The van der Waals surface area contributed by atoms with Crippen molar-refractivity contribution in [3.05, 3.63) is 30.4 Å². The van der Waals surface area contributed by atoms with Crippen molar-refractivity contribution in [1.82, 2.24) is 15.1 Å². The summed E-state index contributed by atoms with van der Waals surface area (Å²) in [4.78, 5) is 8.38. The Hall–Kier alpha value is -2.15. The Morgan fingerprint density at radius 1 is 1.44 bits per heavy atom. The first-order chi connectivity index (χ1) is 8.85. The van der Waals surface area contributed by atoms with E-state index in [0.717, 1.165) is 21.1 Å². The van der Waals surface area contributed by atoms with Gasteiger partial charge in [-0.3, -0.25) is 0 Å². The number of aromatic nitrogens is 3. The summed E-state index contributed by atoms with van der Waals surface area (Å²) in [6, 6.07) is 5.79. The predicted molar refractivity (Wildman–Crippen MR) is 67.8 cm³/mol. The van der Waals surface area contributed by atoms with Crippen LogP contribution in [-0.4, -0.2) is 22.2 Å². The Labute approximate surface area is 107 Å². The topological polar surface area (TPSA) is 73.1 Å². The molecule has 0 saturated carbocycles. The quantitative estimate of drug-likeness (QED) is 0.777. The molecule has 0 aliphatic rings. The van der Waals surface area contributed by atoms with Crippen molar-refractivity contribution in [2.45, 2.75) is 6.54 Å². The first kappa shape index (κ1) is 11.0. The van der Waals surface area contributed by atoms with E-state index in [1.165, 1.54) is 6.39 Å². The zero-order valence-corrected chi connectivity index (χ0v) is 10.4. The smallest absolute Gasteiger partial charge is 0.213 e. The van der Waals surface area contributed by atoms with Crippen LogP contribution in [0.5, 0.6) is 5.75 Å². The standard InChI is InChI=1S/C11H10N4O2S/c1-16-7-2-3-8-9(4-7)18-11(14-8)12-5-10-13-6-17-15-10/h2-4,6H,5H2,1H3,(H,12,14). The first-order valence-electron chi connectivity index (χ1n) is 5.29. The fourth-order valence-electron chi connectivity index (χ4n) is 1.53. The number of benzene rings is 1. The van der Waals surface area contributed by atoms with E-state index in [9.17, 15) is 0 Å². The summed E-state index contributed by atoms with van der Waals surface area (Å²) in [6.07, 6.45) is 1.31. The average Bonchev–Trinajstić information content (AvgIpc) is 3.04. The van der Waals surface area contributed by atoms with Crippen LogP contribution in [0.4, 0.5) is 5.13 Å². The van der Waals surface area contributed by atoms with Crippen molar-refractivity contribution in [2.75, 3.05) is 12.4 Å². The van der Waals surface area contributed by atoms with Gasteiger partial charge >= 0.3 is 0 Å². The van der Waals surface area contributed by atoms with Crippen LogP contribution in [0, 0.1) is 0 Å². The molecule has 18 heavy (non-hydrogen) atoms. The lowest BCUT2D eigenvalue weighted by Crippen LogP contribution is -2.00. The molecule has 2 heterocycles. The second-order valence-corrected chi connectivity index (χ2v) is 4.58. The summed E-state index contributed by atoms with van der Waals surface area (Å²) in [6.45, 7) is 0.494. The van der Waals surface area contributed by atoms with E-state index < -0.39 is 0 Å². The molecule has 6 nitrogen and oxygen atoms in total. The molecule has 0 atom stereocenters. The van der Waals surface area contributed by atoms with Gasteiger partial charge in [0.25, 0.3) is 0 Å². The van der Waals surface area contributed by atoms with Crippen LogP contribution in [0.3, 0.4) is 0 Å². The molecule has 7 heteroatoms. The molecule has 0 unspecified atom stereocenters. The number of thiazole rings is 1. The highest BCUT2D eigenvalue weighted by atomic mass is 32.1. The third kappa shape index (κ3) is 2.12. The van der Waals surface area contributed by atoms with E-state index in [-0.39, 0.29) is 0 Å². The summed E-state index contributed by atoms with van der Waals surface area (Å²) < 4.78 is 10.9. The Morgan fingerprint density at radius 3 is 3.17 bits per heavy atom. The van der Waals surface area contributed by atoms with Gasteiger partial charge in [0.15, 0.2) is 11.0 Å². The number of anilines is 1. The maximum atomic E-state index is 5.18. The van der Waals surface area contributed by atoms with Crippen molar-refractivity contribution < 1.29 is 9.26 Å². The SMILES string of the molecule is COc1ccc2nc(NCc3ncon3)sc2c1. The van der Waals surface area contributed by atoms with Crippen LogP contribution >= 0.6 is 11.3 Å². The van der Waals surface area contributed by atoms with Gasteiger partial charge < -0.3 is 14.6 Å². The third-order valence-electron chi connectivity index (χ3n) is 2.40. The highest BCUT2D eigenvalue weighted by molar-refractivity contribution is 7.22. The monoisotopic (exact) mass is 262 g/mol. The fraction of sp³-hybridized carbons (Fsp3) is 0.182. The van der Waals surface area contributed by atoms with Gasteiger partial charge in [-0.25, -0.2) is 4.98 Å². The molecule has 0 fully saturated rings. The molecule has 0 aliphatic carbocycles. The third-order valence-corrected chi connectivity index (χ3v) is 3.38. The fourth-order valence-corrected chi connectivity index (χ4v) is 2.42. The lowest BCUT2D eigenvalue weighted by molar-refractivity contribution is 0.411. The van der Waals surface area contributed by atoms with Gasteiger partial charge in [-0.05, 0) is 18.2 Å². The van der Waals surface area contributed by atoms with Crippen LogP contribution in [0.1, 0.15) is 5.82 Å². The van der Waals surface area contributed by atoms with E-state index >= 15 is 0 Å². The number of ether oxygens (including phenoxy) is 1. The van der Waals surface area contributed by atoms with Crippen LogP contribution in [0.15, 0.2) is 29.1 Å². The van der Waals surface area contributed by atoms with Gasteiger partial charge in [0.2, 0.25) is 6.39 Å². The van der Waals surface area contributed by atoms with Gasteiger partial charge in [0, 0.05) is 0 Å². The predicted octanol–water partition coefficient (Wildman–Crippen LogP) is 2.30. The molecule has 0 spiro atoms. The Morgan fingerprint density at radius 2 is 2.39 bits per heavy atom. The molecule has 0 aliphatic heterocycles. The van der Waals surface area contributed by atoms with Gasteiger partial charge in [-0.15, -0.1) is 0 Å². The zero-order chi connectivity index (χ0) is 12.4. The molecule has 0 radical (unpaired) electrons. The van der Waals surface area contributed by atoms with Crippen LogP contribution in [-0.2, 0) is 6.54 Å². The molecule has 2 aromatic heterocycles. The van der Waals surface area contributed by atoms with Crippen LogP contribution in [0.2, 0.25) is 0 Å². The number of nitrogens with zero attached hydrogens (tertiary/aromatic N) is 3. The normalized spacial score (nSPS) is 10.7. The number of hydrogen-bond acceptors (Lipinski definition) is 7. The van der Waals surface area contributed by atoms with Gasteiger partial charge in [0.1, 0.15) is 5.75 Å². The van der Waals surface area contributed by atoms with Crippen molar-refractivity contribution in [1.29, 1.82) is 0 Å². The van der Waals surface area contributed by atoms with Crippen molar-refractivity contribution in [2.24, 2.45) is 0 Å². The maximum absolute atomic E-state index is 5.18. The molecule has 3 rings (SSSR count). The number of methoxy groups -OCH3 is 1. The molecule has 1 aromatic carbocycles. The van der Waals surface area contributed by atoms with Gasteiger partial charge in [-0.1, -0.05) is 16.5 Å². The van der Waals surface area contributed by atoms with Crippen LogP contribution in [0.25, 0.3) is 10.2 Å². The van der Waals surface area contributed by atoms with E-state index in [2.05, 4.69) is 25.0 Å². The van der Waals surface area contributed by atoms with Crippen LogP contribution < -0.4 is 10.1 Å². The number of nitrogens with one attached hydrogen (secondary N) is 1. The van der Waals surface area contributed by atoms with E-state index in [4.69, 9.17) is 4.74 Å². The van der Waals surface area contributed by atoms with Gasteiger partial charge in [0.05, 0.1) is 23.9 Å².